The molecule has 4 aromatic carbocycles. The van der Waals surface area contributed by atoms with Gasteiger partial charge in [-0.2, -0.15) is 0 Å². The Bertz CT molecular complexity index is 1950. The predicted octanol–water partition coefficient (Wildman–Crippen LogP) is 12.8. The fourth-order valence-electron chi connectivity index (χ4n) is 5.94. The molecule has 0 radical (unpaired) electrons. The summed E-state index contributed by atoms with van der Waals surface area (Å²) in [4.78, 5) is 0. The van der Waals surface area contributed by atoms with E-state index in [0.717, 1.165) is 82.7 Å². The molecule has 0 N–H and O–H groups in total. The van der Waals surface area contributed by atoms with Crippen molar-refractivity contribution in [3.8, 4) is 63.4 Å². The minimum Gasteiger partial charge on any atom is -0.138 e. The van der Waals surface area contributed by atoms with Gasteiger partial charge in [-0.25, -0.2) is 0 Å². The highest BCUT2D eigenvalue weighted by atomic mass is 32.1. The zero-order valence-corrected chi connectivity index (χ0v) is 32.4. The van der Waals surface area contributed by atoms with Crippen molar-refractivity contribution in [2.24, 2.45) is 0 Å². The van der Waals surface area contributed by atoms with E-state index < -0.39 is 0 Å². The van der Waals surface area contributed by atoms with Crippen molar-refractivity contribution in [2.45, 2.75) is 78.6 Å². The van der Waals surface area contributed by atoms with Crippen LogP contribution in [0.5, 0.6) is 0 Å². The predicted molar refractivity (Wildman–Crippen MR) is 216 cm³/mol. The summed E-state index contributed by atoms with van der Waals surface area (Å²) in [5.41, 5.74) is 10.1. The van der Waals surface area contributed by atoms with Gasteiger partial charge in [-0.15, -0.1) is 30.6 Å². The Labute approximate surface area is 312 Å². The molecule has 0 aliphatic carbocycles. The summed E-state index contributed by atoms with van der Waals surface area (Å²) < 4.78 is 0. The van der Waals surface area contributed by atoms with Crippen LogP contribution in [0.2, 0.25) is 0 Å². The Morgan fingerprint density at radius 1 is 0.353 bits per heavy atom. The normalized spacial score (nSPS) is 13.3. The molecule has 0 spiro atoms. The van der Waals surface area contributed by atoms with E-state index in [0.29, 0.717) is 17.8 Å². The number of hydrogen-bond donors (Lipinski definition) is 0. The minimum absolute atomic E-state index is 0.528. The molecule has 3 aromatic heterocycles. The van der Waals surface area contributed by atoms with Gasteiger partial charge in [0.25, 0.3) is 0 Å². The van der Waals surface area contributed by atoms with E-state index >= 15 is 0 Å². The SMILES string of the molecule is CCC(C)c1ccc(-c2nnc(-c3cc(-c4nnc(-c5ccc(C(C)CC)cc5)s4)cc(-c4nnc(-c5ccc(C(C)CC)cc5)s4)c3)s2)cc1. The van der Waals surface area contributed by atoms with Gasteiger partial charge in [-0.3, -0.25) is 0 Å². The molecular weight excluding hydrogens is 685 g/mol. The van der Waals surface area contributed by atoms with Crippen LogP contribution in [0.3, 0.4) is 0 Å². The molecule has 0 aliphatic heterocycles. The lowest BCUT2D eigenvalue weighted by atomic mass is 9.98. The molecule has 0 aliphatic rings. The van der Waals surface area contributed by atoms with Gasteiger partial charge in [-0.1, -0.05) is 148 Å². The third kappa shape index (κ3) is 7.61. The van der Waals surface area contributed by atoms with Gasteiger partial charge >= 0.3 is 0 Å². The number of nitrogens with zero attached hydrogens (tertiary/aromatic N) is 6. The molecule has 3 heterocycles. The minimum atomic E-state index is 0.528. The molecule has 7 aromatic rings. The van der Waals surface area contributed by atoms with Crippen molar-refractivity contribution >= 4 is 34.0 Å². The number of hydrogen-bond acceptors (Lipinski definition) is 9. The van der Waals surface area contributed by atoms with E-state index in [1.807, 2.05) is 0 Å². The molecule has 51 heavy (non-hydrogen) atoms. The fraction of sp³-hybridized carbons (Fsp3) is 0.286. The molecule has 7 rings (SSSR count). The van der Waals surface area contributed by atoms with Crippen molar-refractivity contribution in [2.75, 3.05) is 0 Å². The quantitative estimate of drug-likeness (QED) is 0.125. The molecule has 258 valence electrons. The Morgan fingerprint density at radius 3 is 0.784 bits per heavy atom. The summed E-state index contributed by atoms with van der Waals surface area (Å²) in [6, 6.07) is 32.6. The molecule has 0 bridgehead atoms. The molecule has 0 saturated carbocycles. The van der Waals surface area contributed by atoms with Crippen LogP contribution >= 0.6 is 34.0 Å². The molecule has 3 unspecified atom stereocenters. The third-order valence-electron chi connectivity index (χ3n) is 9.97. The number of aromatic nitrogens is 6. The summed E-state index contributed by atoms with van der Waals surface area (Å²) in [5.74, 6) is 1.58. The highest BCUT2D eigenvalue weighted by Crippen LogP contribution is 2.40. The van der Waals surface area contributed by atoms with Crippen molar-refractivity contribution < 1.29 is 0 Å². The van der Waals surface area contributed by atoms with Gasteiger partial charge in [0.1, 0.15) is 30.0 Å². The second-order valence-electron chi connectivity index (χ2n) is 13.3. The monoisotopic (exact) mass is 726 g/mol. The lowest BCUT2D eigenvalue weighted by Crippen LogP contribution is -1.90. The first-order chi connectivity index (χ1) is 24.8. The second-order valence-corrected chi connectivity index (χ2v) is 16.3. The second kappa shape index (κ2) is 15.4. The average molecular weight is 727 g/mol. The topological polar surface area (TPSA) is 77.3 Å². The summed E-state index contributed by atoms with van der Waals surface area (Å²) in [5, 5.41) is 33.1. The Kier molecular flexibility index (Phi) is 10.6. The smallest absolute Gasteiger partial charge is 0.138 e. The summed E-state index contributed by atoms with van der Waals surface area (Å²) >= 11 is 4.78. The Morgan fingerprint density at radius 2 is 0.569 bits per heavy atom. The van der Waals surface area contributed by atoms with Crippen LogP contribution in [0.4, 0.5) is 0 Å². The van der Waals surface area contributed by atoms with Crippen LogP contribution in [0.15, 0.2) is 91.0 Å². The first kappa shape index (κ1) is 35.0. The van der Waals surface area contributed by atoms with Gasteiger partial charge in [-0.05, 0) is 71.9 Å². The van der Waals surface area contributed by atoms with Crippen molar-refractivity contribution in [1.29, 1.82) is 0 Å². The van der Waals surface area contributed by atoms with Gasteiger partial charge < -0.3 is 0 Å². The standard InChI is InChI=1S/C42H42N6S3/c1-7-25(4)28-10-16-31(17-11-28)37-43-46-40(49-37)34-22-35(41-47-44-38(50-41)32-18-12-29(13-19-32)26(5)8-2)24-36(23-34)42-48-45-39(51-42)33-20-14-30(15-21-33)27(6)9-3/h10-27H,7-9H2,1-6H3. The largest absolute Gasteiger partial charge is 0.148 e. The van der Waals surface area contributed by atoms with Crippen molar-refractivity contribution in [1.82, 2.24) is 30.6 Å². The molecule has 3 atom stereocenters. The third-order valence-corrected chi connectivity index (χ3v) is 13.0. The molecule has 0 amide bonds. The first-order valence-corrected chi connectivity index (χ1v) is 20.3. The Hall–Kier alpha value is -4.44. The van der Waals surface area contributed by atoms with Gasteiger partial charge in [0.15, 0.2) is 0 Å². The van der Waals surface area contributed by atoms with Crippen LogP contribution in [-0.2, 0) is 0 Å². The average Bonchev–Trinajstić information content (AvgIpc) is 3.99. The van der Waals surface area contributed by atoms with Crippen molar-refractivity contribution in [3.63, 3.8) is 0 Å². The Balaban J connectivity index is 1.25. The number of rotatable bonds is 12. The maximum atomic E-state index is 4.67. The van der Waals surface area contributed by atoms with Crippen LogP contribution in [0.1, 0.15) is 95.2 Å². The van der Waals surface area contributed by atoms with E-state index in [-0.39, 0.29) is 0 Å². The molecule has 9 heteroatoms. The fourth-order valence-corrected chi connectivity index (χ4v) is 8.45. The van der Waals surface area contributed by atoms with Crippen molar-refractivity contribution in [3.05, 3.63) is 108 Å². The molecular formula is C42H42N6S3. The lowest BCUT2D eigenvalue weighted by molar-refractivity contribution is 0.734. The van der Waals surface area contributed by atoms with E-state index in [1.165, 1.54) is 16.7 Å². The van der Waals surface area contributed by atoms with Crippen LogP contribution in [0, 0.1) is 0 Å². The van der Waals surface area contributed by atoms with Gasteiger partial charge in [0, 0.05) is 33.4 Å². The van der Waals surface area contributed by atoms with E-state index in [2.05, 4.69) is 163 Å². The maximum Gasteiger partial charge on any atom is 0.148 e. The maximum absolute atomic E-state index is 4.67. The van der Waals surface area contributed by atoms with Gasteiger partial charge in [0.05, 0.1) is 0 Å². The molecule has 6 nitrogen and oxygen atoms in total. The van der Waals surface area contributed by atoms with Crippen LogP contribution in [0.25, 0.3) is 63.4 Å². The summed E-state index contributed by atoms with van der Waals surface area (Å²) in [7, 11) is 0. The zero-order chi connectivity index (χ0) is 35.5. The van der Waals surface area contributed by atoms with E-state index in [9.17, 15) is 0 Å². The summed E-state index contributed by atoms with van der Waals surface area (Å²) in [6.45, 7) is 13.4. The van der Waals surface area contributed by atoms with Crippen LogP contribution < -0.4 is 0 Å². The molecule has 0 fully saturated rings. The summed E-state index contributed by atoms with van der Waals surface area (Å²) in [6.07, 6.45) is 3.34. The first-order valence-electron chi connectivity index (χ1n) is 17.8. The van der Waals surface area contributed by atoms with E-state index in [1.54, 1.807) is 34.0 Å². The highest BCUT2D eigenvalue weighted by molar-refractivity contribution is 7.18. The van der Waals surface area contributed by atoms with Gasteiger partial charge in [0.2, 0.25) is 0 Å². The number of benzene rings is 4. The highest BCUT2D eigenvalue weighted by Gasteiger charge is 2.18. The zero-order valence-electron chi connectivity index (χ0n) is 29.9. The lowest BCUT2D eigenvalue weighted by Gasteiger charge is -2.08. The van der Waals surface area contributed by atoms with Crippen LogP contribution in [-0.4, -0.2) is 30.6 Å². The molecule has 0 saturated heterocycles. The van der Waals surface area contributed by atoms with E-state index in [4.69, 9.17) is 0 Å².